The van der Waals surface area contributed by atoms with Crippen molar-refractivity contribution in [2.75, 3.05) is 0 Å². The summed E-state index contributed by atoms with van der Waals surface area (Å²) < 4.78 is 1.13. The zero-order valence-corrected chi connectivity index (χ0v) is 12.0. The van der Waals surface area contributed by atoms with Crippen LogP contribution < -0.4 is 0 Å². The number of halogens is 1. The quantitative estimate of drug-likeness (QED) is 0.664. The molecule has 0 saturated carbocycles. The van der Waals surface area contributed by atoms with E-state index in [-0.39, 0.29) is 0 Å². The number of rotatable bonds is 3. The van der Waals surface area contributed by atoms with Crippen LogP contribution in [0.25, 0.3) is 21.8 Å². The lowest BCUT2D eigenvalue weighted by atomic mass is 10.0. The third kappa shape index (κ3) is 1.95. The second-order valence-electron chi connectivity index (χ2n) is 4.76. The first-order chi connectivity index (χ1) is 8.79. The van der Waals surface area contributed by atoms with E-state index in [1.54, 1.807) is 0 Å². The van der Waals surface area contributed by atoms with Crippen LogP contribution in [0.5, 0.6) is 0 Å². The number of aromatic nitrogens is 1. The Bertz CT molecular complexity index is 697. The highest BCUT2D eigenvalue weighted by Gasteiger charge is 2.07. The van der Waals surface area contributed by atoms with Crippen molar-refractivity contribution in [1.29, 1.82) is 0 Å². The van der Waals surface area contributed by atoms with Gasteiger partial charge < -0.3 is 4.98 Å². The van der Waals surface area contributed by atoms with E-state index in [2.05, 4.69) is 64.2 Å². The summed E-state index contributed by atoms with van der Waals surface area (Å²) >= 11 is 3.55. The van der Waals surface area contributed by atoms with Gasteiger partial charge in [-0.1, -0.05) is 47.5 Å². The minimum Gasteiger partial charge on any atom is -0.354 e. The maximum atomic E-state index is 3.56. The summed E-state index contributed by atoms with van der Waals surface area (Å²) in [6, 6.07) is 13.0. The number of hydrogen-bond donors (Lipinski definition) is 1. The number of nitrogens with one attached hydrogen (secondary N) is 1. The van der Waals surface area contributed by atoms with Crippen molar-refractivity contribution >= 4 is 37.7 Å². The first-order valence-corrected chi connectivity index (χ1v) is 7.27. The minimum atomic E-state index is 1.13. The normalized spacial score (nSPS) is 11.4. The van der Waals surface area contributed by atoms with Gasteiger partial charge >= 0.3 is 0 Å². The molecule has 0 radical (unpaired) electrons. The van der Waals surface area contributed by atoms with Crippen LogP contribution >= 0.6 is 15.9 Å². The molecule has 0 spiro atoms. The molecule has 0 saturated heterocycles. The van der Waals surface area contributed by atoms with Gasteiger partial charge in [0, 0.05) is 26.3 Å². The summed E-state index contributed by atoms with van der Waals surface area (Å²) in [5.41, 5.74) is 3.96. The second-order valence-corrected chi connectivity index (χ2v) is 5.67. The SMILES string of the molecule is CCCCc1cccc2c1[nH]c1ccc(Br)cc12. The smallest absolute Gasteiger partial charge is 0.0497 e. The van der Waals surface area contributed by atoms with E-state index in [0.717, 1.165) is 10.9 Å². The fourth-order valence-electron chi connectivity index (χ4n) is 2.53. The summed E-state index contributed by atoms with van der Waals surface area (Å²) in [6.07, 6.45) is 3.64. The molecule has 1 nitrogen and oxygen atoms in total. The molecule has 1 aromatic heterocycles. The van der Waals surface area contributed by atoms with E-state index < -0.39 is 0 Å². The molecule has 1 N–H and O–H groups in total. The topological polar surface area (TPSA) is 15.8 Å². The Morgan fingerprint density at radius 1 is 1.11 bits per heavy atom. The highest BCUT2D eigenvalue weighted by Crippen LogP contribution is 2.30. The molecule has 0 atom stereocenters. The molecular weight excluding hydrogens is 286 g/mol. The van der Waals surface area contributed by atoms with Crippen LogP contribution in [0, 0.1) is 0 Å². The number of aromatic amines is 1. The summed E-state index contributed by atoms with van der Waals surface area (Å²) in [4.78, 5) is 3.56. The molecule has 2 heteroatoms. The Morgan fingerprint density at radius 2 is 2.00 bits per heavy atom. The molecule has 0 aliphatic rings. The highest BCUT2D eigenvalue weighted by molar-refractivity contribution is 9.10. The second kappa shape index (κ2) is 4.77. The Morgan fingerprint density at radius 3 is 2.83 bits per heavy atom. The van der Waals surface area contributed by atoms with E-state index >= 15 is 0 Å². The lowest BCUT2D eigenvalue weighted by Crippen LogP contribution is -1.86. The molecule has 0 amide bonds. The number of unbranched alkanes of at least 4 members (excludes halogenated alkanes) is 1. The zero-order valence-electron chi connectivity index (χ0n) is 10.5. The molecule has 0 fully saturated rings. The van der Waals surface area contributed by atoms with Gasteiger partial charge in [-0.3, -0.25) is 0 Å². The third-order valence-electron chi connectivity index (χ3n) is 3.48. The van der Waals surface area contributed by atoms with Crippen LogP contribution in [0.2, 0.25) is 0 Å². The molecule has 0 unspecified atom stereocenters. The number of benzene rings is 2. The van der Waals surface area contributed by atoms with Gasteiger partial charge in [-0.15, -0.1) is 0 Å². The van der Waals surface area contributed by atoms with Crippen LogP contribution in [0.15, 0.2) is 40.9 Å². The van der Waals surface area contributed by atoms with Crippen molar-refractivity contribution in [3.63, 3.8) is 0 Å². The van der Waals surface area contributed by atoms with Crippen LogP contribution in [-0.2, 0) is 6.42 Å². The van der Waals surface area contributed by atoms with E-state index in [1.165, 1.54) is 40.2 Å². The van der Waals surface area contributed by atoms with Gasteiger partial charge in [0.1, 0.15) is 0 Å². The Hall–Kier alpha value is -1.28. The Kier molecular flexibility index (Phi) is 3.13. The van der Waals surface area contributed by atoms with Gasteiger partial charge in [-0.05, 0) is 36.6 Å². The third-order valence-corrected chi connectivity index (χ3v) is 3.98. The average molecular weight is 302 g/mol. The van der Waals surface area contributed by atoms with Crippen molar-refractivity contribution in [3.8, 4) is 0 Å². The summed E-state index contributed by atoms with van der Waals surface area (Å²) in [5, 5.41) is 2.64. The molecule has 0 bridgehead atoms. The van der Waals surface area contributed by atoms with Crippen molar-refractivity contribution in [2.24, 2.45) is 0 Å². The van der Waals surface area contributed by atoms with Gasteiger partial charge in [0.05, 0.1) is 0 Å². The molecule has 2 aromatic carbocycles. The molecular formula is C16H16BrN. The van der Waals surface area contributed by atoms with Gasteiger partial charge in [0.25, 0.3) is 0 Å². The first-order valence-electron chi connectivity index (χ1n) is 6.48. The highest BCUT2D eigenvalue weighted by atomic mass is 79.9. The number of aryl methyl sites for hydroxylation is 1. The van der Waals surface area contributed by atoms with Crippen molar-refractivity contribution in [2.45, 2.75) is 26.2 Å². The maximum absolute atomic E-state index is 3.56. The average Bonchev–Trinajstić information content (AvgIpc) is 2.75. The summed E-state index contributed by atoms with van der Waals surface area (Å²) in [5.74, 6) is 0. The number of hydrogen-bond acceptors (Lipinski definition) is 0. The fourth-order valence-corrected chi connectivity index (χ4v) is 2.89. The molecule has 3 aromatic rings. The van der Waals surface area contributed by atoms with E-state index in [1.807, 2.05) is 0 Å². The molecule has 1 heterocycles. The summed E-state index contributed by atoms with van der Waals surface area (Å²) in [6.45, 7) is 2.24. The molecule has 18 heavy (non-hydrogen) atoms. The zero-order chi connectivity index (χ0) is 12.5. The number of para-hydroxylation sites is 1. The Balaban J connectivity index is 2.25. The largest absolute Gasteiger partial charge is 0.354 e. The molecule has 0 aliphatic carbocycles. The van der Waals surface area contributed by atoms with Crippen LogP contribution in [0.1, 0.15) is 25.3 Å². The van der Waals surface area contributed by atoms with Gasteiger partial charge in [0.15, 0.2) is 0 Å². The molecule has 92 valence electrons. The van der Waals surface area contributed by atoms with Crippen LogP contribution in [0.4, 0.5) is 0 Å². The standard InChI is InChI=1S/C16H16BrN/c1-2-3-5-11-6-4-7-13-14-10-12(17)8-9-15(14)18-16(11)13/h4,6-10,18H,2-3,5H2,1H3. The molecule has 0 aliphatic heterocycles. The lowest BCUT2D eigenvalue weighted by molar-refractivity contribution is 0.798. The lowest BCUT2D eigenvalue weighted by Gasteiger charge is -2.01. The minimum absolute atomic E-state index is 1.13. The predicted molar refractivity (Wildman–Crippen MR) is 82.1 cm³/mol. The van der Waals surface area contributed by atoms with Crippen LogP contribution in [-0.4, -0.2) is 4.98 Å². The van der Waals surface area contributed by atoms with Gasteiger partial charge in [0.2, 0.25) is 0 Å². The Labute approximate surface area is 115 Å². The fraction of sp³-hybridized carbons (Fsp3) is 0.250. The number of fused-ring (bicyclic) bond motifs is 3. The van der Waals surface area contributed by atoms with Crippen molar-refractivity contribution < 1.29 is 0 Å². The monoisotopic (exact) mass is 301 g/mol. The van der Waals surface area contributed by atoms with Gasteiger partial charge in [-0.25, -0.2) is 0 Å². The first kappa shape index (κ1) is 11.8. The van der Waals surface area contributed by atoms with E-state index in [9.17, 15) is 0 Å². The van der Waals surface area contributed by atoms with Crippen molar-refractivity contribution in [3.05, 3.63) is 46.4 Å². The van der Waals surface area contributed by atoms with Crippen molar-refractivity contribution in [1.82, 2.24) is 4.98 Å². The van der Waals surface area contributed by atoms with E-state index in [0.29, 0.717) is 0 Å². The maximum Gasteiger partial charge on any atom is 0.0497 e. The van der Waals surface area contributed by atoms with Gasteiger partial charge in [-0.2, -0.15) is 0 Å². The summed E-state index contributed by atoms with van der Waals surface area (Å²) in [7, 11) is 0. The number of H-pyrrole nitrogens is 1. The van der Waals surface area contributed by atoms with Crippen LogP contribution in [0.3, 0.4) is 0 Å². The predicted octanol–water partition coefficient (Wildman–Crippen LogP) is 5.43. The molecule has 3 rings (SSSR count). The van der Waals surface area contributed by atoms with E-state index in [4.69, 9.17) is 0 Å².